The molecule has 2 saturated heterocycles. The van der Waals surface area contributed by atoms with E-state index in [2.05, 4.69) is 24.1 Å². The molecule has 1 aromatic rings. The average molecular weight is 451 g/mol. The van der Waals surface area contributed by atoms with E-state index in [0.717, 1.165) is 31.5 Å². The van der Waals surface area contributed by atoms with Crippen LogP contribution < -0.4 is 5.32 Å². The molecule has 174 valence electrons. The van der Waals surface area contributed by atoms with Crippen LogP contribution in [0.4, 0.5) is 0 Å². The quantitative estimate of drug-likeness (QED) is 0.656. The molecule has 0 spiro atoms. The molecule has 0 aromatic heterocycles. The number of aryl methyl sites for hydroxylation is 1. The van der Waals surface area contributed by atoms with Gasteiger partial charge in [0.05, 0.1) is 4.90 Å². The maximum Gasteiger partial charge on any atom is 0.243 e. The SMILES string of the molecule is Cc1cccc(S(=O)(=O)N(CCC(=O)N2CCNCC2)CCN2[C@H](C)CCC[C@H]2C)c1. The molecule has 0 radical (unpaired) electrons. The number of nitrogens with one attached hydrogen (secondary N) is 1. The smallest absolute Gasteiger partial charge is 0.243 e. The minimum absolute atomic E-state index is 0.0330. The summed E-state index contributed by atoms with van der Waals surface area (Å²) in [5.74, 6) is 0.0330. The van der Waals surface area contributed by atoms with Crippen molar-refractivity contribution >= 4 is 15.9 Å². The topological polar surface area (TPSA) is 73.0 Å². The largest absolute Gasteiger partial charge is 0.340 e. The first-order chi connectivity index (χ1) is 14.8. The van der Waals surface area contributed by atoms with E-state index in [4.69, 9.17) is 0 Å². The minimum Gasteiger partial charge on any atom is -0.340 e. The number of rotatable bonds is 8. The zero-order valence-electron chi connectivity index (χ0n) is 19.2. The van der Waals surface area contributed by atoms with Crippen molar-refractivity contribution in [3.8, 4) is 0 Å². The van der Waals surface area contributed by atoms with Crippen LogP contribution in [-0.4, -0.2) is 86.3 Å². The molecule has 0 aliphatic carbocycles. The first-order valence-electron chi connectivity index (χ1n) is 11.6. The van der Waals surface area contributed by atoms with E-state index >= 15 is 0 Å². The maximum atomic E-state index is 13.5. The van der Waals surface area contributed by atoms with E-state index in [0.29, 0.717) is 43.2 Å². The summed E-state index contributed by atoms with van der Waals surface area (Å²) in [6, 6.07) is 7.95. The number of benzene rings is 1. The van der Waals surface area contributed by atoms with Crippen molar-refractivity contribution in [2.75, 3.05) is 45.8 Å². The summed E-state index contributed by atoms with van der Waals surface area (Å²) in [6.45, 7) is 10.6. The van der Waals surface area contributed by atoms with Crippen LogP contribution in [0.5, 0.6) is 0 Å². The molecule has 2 atom stereocenters. The van der Waals surface area contributed by atoms with Gasteiger partial charge in [0.1, 0.15) is 0 Å². The number of piperidine rings is 1. The Morgan fingerprint density at radius 1 is 1.13 bits per heavy atom. The van der Waals surface area contributed by atoms with Crippen molar-refractivity contribution in [1.29, 1.82) is 0 Å². The standard InChI is InChI=1S/C23H38N4O3S/c1-19-6-4-9-22(18-19)31(29,30)26(13-10-23(28)25-14-11-24-12-15-25)16-17-27-20(2)7-5-8-21(27)3/h4,6,9,18,20-21,24H,5,7-8,10-17H2,1-3H3/t20-,21-/m1/s1. The van der Waals surface area contributed by atoms with Gasteiger partial charge in [-0.15, -0.1) is 0 Å². The first kappa shape index (κ1) is 24.2. The van der Waals surface area contributed by atoms with Crippen molar-refractivity contribution in [3.05, 3.63) is 29.8 Å². The Morgan fingerprint density at radius 2 is 1.81 bits per heavy atom. The normalized spacial score (nSPS) is 23.3. The molecule has 2 aliphatic heterocycles. The molecule has 0 saturated carbocycles. The van der Waals surface area contributed by atoms with Crippen LogP contribution in [0.25, 0.3) is 0 Å². The van der Waals surface area contributed by atoms with Crippen LogP contribution >= 0.6 is 0 Å². The van der Waals surface area contributed by atoms with Gasteiger partial charge in [-0.3, -0.25) is 9.69 Å². The molecule has 2 heterocycles. The van der Waals surface area contributed by atoms with E-state index < -0.39 is 10.0 Å². The van der Waals surface area contributed by atoms with Gasteiger partial charge >= 0.3 is 0 Å². The van der Waals surface area contributed by atoms with Gasteiger partial charge < -0.3 is 10.2 Å². The summed E-state index contributed by atoms with van der Waals surface area (Å²) in [7, 11) is -3.66. The van der Waals surface area contributed by atoms with E-state index in [1.165, 1.54) is 10.7 Å². The van der Waals surface area contributed by atoms with Crippen LogP contribution in [0.1, 0.15) is 45.1 Å². The van der Waals surface area contributed by atoms with Crippen LogP contribution in [0.2, 0.25) is 0 Å². The molecule has 1 amide bonds. The van der Waals surface area contributed by atoms with Crippen molar-refractivity contribution in [2.45, 2.75) is 63.4 Å². The lowest BCUT2D eigenvalue weighted by Gasteiger charge is -2.40. The van der Waals surface area contributed by atoms with Crippen molar-refractivity contribution in [2.24, 2.45) is 0 Å². The monoisotopic (exact) mass is 450 g/mol. The number of hydrogen-bond donors (Lipinski definition) is 1. The van der Waals surface area contributed by atoms with Crippen molar-refractivity contribution < 1.29 is 13.2 Å². The third kappa shape index (κ3) is 6.28. The summed E-state index contributed by atoms with van der Waals surface area (Å²) < 4.78 is 28.5. The Labute approximate surface area is 187 Å². The fraction of sp³-hybridized carbons (Fsp3) is 0.696. The molecular formula is C23H38N4O3S. The number of piperazine rings is 1. The zero-order chi connectivity index (χ0) is 22.4. The van der Waals surface area contributed by atoms with Gasteiger partial charge in [-0.1, -0.05) is 18.6 Å². The van der Waals surface area contributed by atoms with Gasteiger partial charge in [-0.2, -0.15) is 4.31 Å². The fourth-order valence-corrected chi connectivity index (χ4v) is 6.25. The van der Waals surface area contributed by atoms with Crippen molar-refractivity contribution in [3.63, 3.8) is 0 Å². The van der Waals surface area contributed by atoms with Crippen LogP contribution in [0.3, 0.4) is 0 Å². The Morgan fingerprint density at radius 3 is 2.45 bits per heavy atom. The van der Waals surface area contributed by atoms with Gasteiger partial charge in [0.25, 0.3) is 0 Å². The van der Waals surface area contributed by atoms with Gasteiger partial charge in [-0.25, -0.2) is 8.42 Å². The number of carbonyl (C=O) groups is 1. The molecule has 0 bridgehead atoms. The second-order valence-electron chi connectivity index (χ2n) is 8.97. The van der Waals surface area contributed by atoms with E-state index in [1.807, 2.05) is 17.9 Å². The molecule has 0 unspecified atom stereocenters. The predicted octanol–water partition coefficient (Wildman–Crippen LogP) is 2.07. The lowest BCUT2D eigenvalue weighted by atomic mass is 9.98. The lowest BCUT2D eigenvalue weighted by molar-refractivity contribution is -0.131. The van der Waals surface area contributed by atoms with Gasteiger partial charge in [0.15, 0.2) is 0 Å². The van der Waals surface area contributed by atoms with Crippen molar-refractivity contribution in [1.82, 2.24) is 19.4 Å². The highest BCUT2D eigenvalue weighted by Crippen LogP contribution is 2.23. The third-order valence-corrected chi connectivity index (χ3v) is 8.55. The fourth-order valence-electron chi connectivity index (χ4n) is 4.71. The maximum absolute atomic E-state index is 13.5. The summed E-state index contributed by atoms with van der Waals surface area (Å²) in [6.07, 6.45) is 3.74. The summed E-state index contributed by atoms with van der Waals surface area (Å²) in [5.41, 5.74) is 0.913. The Hall–Kier alpha value is -1.48. The highest BCUT2D eigenvalue weighted by Gasteiger charge is 2.30. The van der Waals surface area contributed by atoms with Gasteiger partial charge in [-0.05, 0) is 51.3 Å². The molecule has 31 heavy (non-hydrogen) atoms. The summed E-state index contributed by atoms with van der Waals surface area (Å²) in [5, 5.41) is 3.24. The Bertz CT molecular complexity index is 829. The van der Waals surface area contributed by atoms with E-state index in [-0.39, 0.29) is 18.9 Å². The van der Waals surface area contributed by atoms with Crippen LogP contribution in [0, 0.1) is 6.92 Å². The molecular weight excluding hydrogens is 412 g/mol. The number of amides is 1. The highest BCUT2D eigenvalue weighted by molar-refractivity contribution is 7.89. The first-order valence-corrected chi connectivity index (χ1v) is 13.0. The lowest BCUT2D eigenvalue weighted by Crippen LogP contribution is -2.49. The molecule has 1 aromatic carbocycles. The molecule has 2 fully saturated rings. The Balaban J connectivity index is 1.73. The van der Waals surface area contributed by atoms with Gasteiger partial charge in [0, 0.05) is 64.3 Å². The number of likely N-dealkylation sites (tertiary alicyclic amines) is 1. The molecule has 1 N–H and O–H groups in total. The molecule has 2 aliphatic rings. The van der Waals surface area contributed by atoms with Crippen LogP contribution in [-0.2, 0) is 14.8 Å². The van der Waals surface area contributed by atoms with E-state index in [1.54, 1.807) is 18.2 Å². The number of carbonyl (C=O) groups excluding carboxylic acids is 1. The number of hydrogen-bond acceptors (Lipinski definition) is 5. The summed E-state index contributed by atoms with van der Waals surface area (Å²) >= 11 is 0. The highest BCUT2D eigenvalue weighted by atomic mass is 32.2. The van der Waals surface area contributed by atoms with Crippen LogP contribution in [0.15, 0.2) is 29.2 Å². The minimum atomic E-state index is -3.66. The predicted molar refractivity (Wildman–Crippen MR) is 123 cm³/mol. The Kier molecular flexibility index (Phi) is 8.50. The zero-order valence-corrected chi connectivity index (χ0v) is 20.0. The molecule has 3 rings (SSSR count). The number of nitrogens with zero attached hydrogens (tertiary/aromatic N) is 3. The summed E-state index contributed by atoms with van der Waals surface area (Å²) in [4.78, 5) is 17.3. The van der Waals surface area contributed by atoms with Gasteiger partial charge in [0.2, 0.25) is 15.9 Å². The third-order valence-electron chi connectivity index (χ3n) is 6.66. The van der Waals surface area contributed by atoms with E-state index in [9.17, 15) is 13.2 Å². The average Bonchev–Trinajstić information content (AvgIpc) is 2.75. The number of sulfonamides is 1. The second kappa shape index (κ2) is 10.9. The second-order valence-corrected chi connectivity index (χ2v) is 10.9. The molecule has 8 heteroatoms. The molecule has 7 nitrogen and oxygen atoms in total.